The molecule has 0 aliphatic rings. The Kier molecular flexibility index (Phi) is 4.28. The van der Waals surface area contributed by atoms with E-state index in [0.29, 0.717) is 0 Å². The number of rotatable bonds is 5. The quantitative estimate of drug-likeness (QED) is 0.638. The summed E-state index contributed by atoms with van der Waals surface area (Å²) in [4.78, 5) is 3.73. The second kappa shape index (κ2) is 5.26. The summed E-state index contributed by atoms with van der Waals surface area (Å²) >= 11 is 5.67. The van der Waals surface area contributed by atoms with E-state index >= 15 is 0 Å². The molecule has 0 saturated heterocycles. The molecule has 6 nitrogen and oxygen atoms in total. The van der Waals surface area contributed by atoms with Crippen LogP contribution < -0.4 is 15.2 Å². The van der Waals surface area contributed by atoms with Gasteiger partial charge in [0.2, 0.25) is 0 Å². The zero-order valence-electron chi connectivity index (χ0n) is 7.77. The first-order valence-electron chi connectivity index (χ1n) is 4.13. The zero-order valence-corrected chi connectivity index (χ0v) is 9.35. The molecule has 0 saturated carbocycles. The van der Waals surface area contributed by atoms with Crippen molar-refractivity contribution < 1.29 is 8.42 Å². The fourth-order valence-corrected chi connectivity index (χ4v) is 1.97. The van der Waals surface area contributed by atoms with Crippen molar-refractivity contribution in [3.05, 3.63) is 23.5 Å². The van der Waals surface area contributed by atoms with Crippen LogP contribution in [0.2, 0.25) is 5.15 Å². The smallest absolute Gasteiger partial charge is 0.299 e. The summed E-state index contributed by atoms with van der Waals surface area (Å²) in [6.45, 7) is 0.384. The summed E-state index contributed by atoms with van der Waals surface area (Å²) in [5.41, 5.74) is 5.39. The Hall–Kier alpha value is -0.890. The average Bonchev–Trinajstić information content (AvgIpc) is 2.18. The van der Waals surface area contributed by atoms with Gasteiger partial charge in [-0.2, -0.15) is 13.1 Å². The molecule has 0 amide bonds. The van der Waals surface area contributed by atoms with Gasteiger partial charge in [0.05, 0.1) is 5.69 Å². The van der Waals surface area contributed by atoms with Crippen molar-refractivity contribution in [2.24, 2.45) is 5.73 Å². The summed E-state index contributed by atoms with van der Waals surface area (Å²) < 4.78 is 27.2. The average molecular weight is 251 g/mol. The van der Waals surface area contributed by atoms with Crippen LogP contribution in [0.15, 0.2) is 18.3 Å². The van der Waals surface area contributed by atoms with Gasteiger partial charge in [0.15, 0.2) is 5.15 Å². The Morgan fingerprint density at radius 3 is 2.87 bits per heavy atom. The predicted molar refractivity (Wildman–Crippen MR) is 58.8 cm³/mol. The van der Waals surface area contributed by atoms with Gasteiger partial charge in [-0.25, -0.2) is 4.98 Å². The molecular weight excluding hydrogens is 240 g/mol. The molecule has 84 valence electrons. The van der Waals surface area contributed by atoms with Crippen molar-refractivity contribution in [2.45, 2.75) is 0 Å². The van der Waals surface area contributed by atoms with E-state index in [1.165, 1.54) is 12.3 Å². The van der Waals surface area contributed by atoms with E-state index < -0.39 is 10.2 Å². The lowest BCUT2D eigenvalue weighted by atomic mass is 10.4. The van der Waals surface area contributed by atoms with Gasteiger partial charge >= 0.3 is 0 Å². The molecule has 1 aromatic rings. The number of hydrogen-bond donors (Lipinski definition) is 3. The van der Waals surface area contributed by atoms with Crippen molar-refractivity contribution in [1.82, 2.24) is 9.71 Å². The molecule has 0 spiro atoms. The number of nitrogens with two attached hydrogens (primary N) is 1. The minimum absolute atomic E-state index is 0.0932. The van der Waals surface area contributed by atoms with Crippen molar-refractivity contribution >= 4 is 27.5 Å². The first kappa shape index (κ1) is 12.2. The number of pyridine rings is 1. The Bertz CT molecular complexity index is 423. The van der Waals surface area contributed by atoms with Crippen LogP contribution in [0, 0.1) is 0 Å². The van der Waals surface area contributed by atoms with Crippen LogP contribution in [0.4, 0.5) is 5.69 Å². The number of halogens is 1. The van der Waals surface area contributed by atoms with Crippen LogP contribution in [0.1, 0.15) is 0 Å². The summed E-state index contributed by atoms with van der Waals surface area (Å²) in [7, 11) is -3.62. The van der Waals surface area contributed by atoms with E-state index in [9.17, 15) is 8.42 Å². The minimum atomic E-state index is -3.62. The molecule has 0 aliphatic heterocycles. The van der Waals surface area contributed by atoms with Crippen LogP contribution in [-0.4, -0.2) is 26.5 Å². The lowest BCUT2D eigenvalue weighted by Gasteiger charge is -2.08. The Morgan fingerprint density at radius 1 is 1.53 bits per heavy atom. The summed E-state index contributed by atoms with van der Waals surface area (Å²) in [6.07, 6.45) is 1.47. The summed E-state index contributed by atoms with van der Waals surface area (Å²) in [6, 6.07) is 3.09. The van der Waals surface area contributed by atoms with Crippen LogP contribution >= 0.6 is 11.6 Å². The van der Waals surface area contributed by atoms with Crippen LogP contribution in [-0.2, 0) is 10.2 Å². The lowest BCUT2D eigenvalue weighted by molar-refractivity contribution is 0.587. The molecule has 0 aromatic carbocycles. The third-order valence-corrected chi connectivity index (χ3v) is 2.81. The lowest BCUT2D eigenvalue weighted by Crippen LogP contribution is -2.34. The summed E-state index contributed by atoms with van der Waals surface area (Å²) in [5, 5.41) is 0.0932. The molecule has 15 heavy (non-hydrogen) atoms. The van der Waals surface area contributed by atoms with Crippen molar-refractivity contribution in [3.63, 3.8) is 0 Å². The molecular formula is C7H11ClN4O2S. The third-order valence-electron chi connectivity index (χ3n) is 1.44. The van der Waals surface area contributed by atoms with Gasteiger partial charge < -0.3 is 5.73 Å². The van der Waals surface area contributed by atoms with E-state index in [1.54, 1.807) is 6.07 Å². The van der Waals surface area contributed by atoms with E-state index in [0.717, 1.165) is 0 Å². The van der Waals surface area contributed by atoms with Gasteiger partial charge in [-0.1, -0.05) is 11.6 Å². The Morgan fingerprint density at radius 2 is 2.27 bits per heavy atom. The monoisotopic (exact) mass is 250 g/mol. The van der Waals surface area contributed by atoms with Gasteiger partial charge in [0.1, 0.15) is 0 Å². The van der Waals surface area contributed by atoms with Gasteiger partial charge in [-0.05, 0) is 12.1 Å². The molecule has 0 aliphatic carbocycles. The van der Waals surface area contributed by atoms with E-state index in [-0.39, 0.29) is 23.9 Å². The predicted octanol–water partition coefficient (Wildman–Crippen LogP) is -0.0600. The molecule has 0 atom stereocenters. The second-order valence-electron chi connectivity index (χ2n) is 2.63. The number of hydrogen-bond acceptors (Lipinski definition) is 4. The molecule has 0 unspecified atom stereocenters. The second-order valence-corrected chi connectivity index (χ2v) is 4.49. The maximum atomic E-state index is 11.3. The maximum absolute atomic E-state index is 11.3. The van der Waals surface area contributed by atoms with E-state index in [1.807, 2.05) is 0 Å². The van der Waals surface area contributed by atoms with Crippen LogP contribution in [0.3, 0.4) is 0 Å². The highest BCUT2D eigenvalue weighted by atomic mass is 35.5. The molecule has 0 radical (unpaired) electrons. The molecule has 8 heteroatoms. The fourth-order valence-electron chi connectivity index (χ4n) is 0.836. The normalized spacial score (nSPS) is 11.3. The first-order valence-corrected chi connectivity index (χ1v) is 5.99. The number of anilines is 1. The molecule has 0 fully saturated rings. The molecule has 1 heterocycles. The number of aromatic nitrogens is 1. The first-order chi connectivity index (χ1) is 7.05. The highest BCUT2D eigenvalue weighted by Gasteiger charge is 2.10. The molecule has 1 rings (SSSR count). The molecule has 4 N–H and O–H groups in total. The maximum Gasteiger partial charge on any atom is 0.299 e. The standard InChI is InChI=1S/C7H11ClN4O2S/c8-7-6(2-1-4-10-7)12-15(13,14)11-5-3-9/h1-2,4,11-12H,3,5,9H2. The minimum Gasteiger partial charge on any atom is -0.329 e. The largest absolute Gasteiger partial charge is 0.329 e. The van der Waals surface area contributed by atoms with Crippen molar-refractivity contribution in [1.29, 1.82) is 0 Å². The topological polar surface area (TPSA) is 97.1 Å². The van der Waals surface area contributed by atoms with Gasteiger partial charge in [0.25, 0.3) is 10.2 Å². The SMILES string of the molecule is NCCNS(=O)(=O)Nc1cccnc1Cl. The highest BCUT2D eigenvalue weighted by molar-refractivity contribution is 7.90. The Balaban J connectivity index is 2.74. The number of nitrogens with zero attached hydrogens (tertiary/aromatic N) is 1. The zero-order chi connectivity index (χ0) is 11.3. The van der Waals surface area contributed by atoms with Crippen molar-refractivity contribution in [2.75, 3.05) is 17.8 Å². The van der Waals surface area contributed by atoms with E-state index in [2.05, 4.69) is 14.4 Å². The Labute approximate surface area is 93.0 Å². The van der Waals surface area contributed by atoms with Gasteiger partial charge in [-0.15, -0.1) is 0 Å². The summed E-state index contributed by atoms with van der Waals surface area (Å²) in [5.74, 6) is 0. The number of nitrogens with one attached hydrogen (secondary N) is 2. The van der Waals surface area contributed by atoms with Crippen LogP contribution in [0.25, 0.3) is 0 Å². The fraction of sp³-hybridized carbons (Fsp3) is 0.286. The third kappa shape index (κ3) is 4.00. The van der Waals surface area contributed by atoms with E-state index in [4.69, 9.17) is 17.3 Å². The van der Waals surface area contributed by atoms with Crippen LogP contribution in [0.5, 0.6) is 0 Å². The van der Waals surface area contributed by atoms with Gasteiger partial charge in [-0.3, -0.25) is 4.72 Å². The van der Waals surface area contributed by atoms with Gasteiger partial charge in [0, 0.05) is 19.3 Å². The molecule has 0 bridgehead atoms. The highest BCUT2D eigenvalue weighted by Crippen LogP contribution is 2.17. The van der Waals surface area contributed by atoms with Crippen molar-refractivity contribution in [3.8, 4) is 0 Å². The molecule has 1 aromatic heterocycles.